The predicted molar refractivity (Wildman–Crippen MR) is 78.0 cm³/mol. The molecule has 0 amide bonds. The number of hydrogen-bond acceptors (Lipinski definition) is 8. The number of aliphatic hydroxyl groups excluding tert-OH is 1. The number of rotatable bonds is 14. The van der Waals surface area contributed by atoms with Crippen LogP contribution in [0.2, 0.25) is 0 Å². The number of hydrogen-bond donors (Lipinski definition) is 2. The van der Waals surface area contributed by atoms with E-state index in [9.17, 15) is 9.59 Å². The van der Waals surface area contributed by atoms with E-state index in [1.165, 1.54) is 6.08 Å². The van der Waals surface area contributed by atoms with Crippen molar-refractivity contribution in [2.24, 2.45) is 5.73 Å². The molecule has 0 spiro atoms. The molecule has 0 aromatic rings. The average molecular weight is 319 g/mol. The normalized spacial score (nSPS) is 11.7. The number of carbonyl (C=O) groups excluding carboxylic acids is 2. The second-order valence-electron chi connectivity index (χ2n) is 4.23. The summed E-state index contributed by atoms with van der Waals surface area (Å²) in [7, 11) is 0. The highest BCUT2D eigenvalue weighted by Crippen LogP contribution is 1.99. The van der Waals surface area contributed by atoms with Gasteiger partial charge < -0.3 is 29.8 Å². The van der Waals surface area contributed by atoms with Gasteiger partial charge in [-0.3, -0.25) is 9.59 Å². The van der Waals surface area contributed by atoms with Crippen LogP contribution < -0.4 is 5.73 Å². The van der Waals surface area contributed by atoms with Crippen molar-refractivity contribution in [3.8, 4) is 0 Å². The summed E-state index contributed by atoms with van der Waals surface area (Å²) < 4.78 is 19.8. The van der Waals surface area contributed by atoms with Crippen molar-refractivity contribution in [2.75, 3.05) is 46.2 Å². The highest BCUT2D eigenvalue weighted by atomic mass is 16.6. The molecule has 0 aliphatic rings. The van der Waals surface area contributed by atoms with Crippen LogP contribution in [0.4, 0.5) is 0 Å². The molecule has 0 aliphatic carbocycles. The second kappa shape index (κ2) is 14.5. The first-order valence-corrected chi connectivity index (χ1v) is 7.07. The lowest BCUT2D eigenvalue weighted by Crippen LogP contribution is -2.33. The van der Waals surface area contributed by atoms with E-state index in [1.807, 2.05) is 0 Å². The van der Waals surface area contributed by atoms with Gasteiger partial charge >= 0.3 is 11.9 Å². The minimum Gasteiger partial charge on any atom is -0.462 e. The molecule has 0 bridgehead atoms. The second-order valence-corrected chi connectivity index (χ2v) is 4.23. The number of ether oxygens (including phenoxy) is 4. The summed E-state index contributed by atoms with van der Waals surface area (Å²) in [5.74, 6) is -1.02. The third kappa shape index (κ3) is 12.3. The average Bonchev–Trinajstić information content (AvgIpc) is 2.52. The van der Waals surface area contributed by atoms with E-state index in [0.717, 1.165) is 0 Å². The summed E-state index contributed by atoms with van der Waals surface area (Å²) >= 11 is 0. The lowest BCUT2D eigenvalue weighted by atomic mass is 10.2. The van der Waals surface area contributed by atoms with Crippen molar-refractivity contribution in [2.45, 2.75) is 18.9 Å². The van der Waals surface area contributed by atoms with Gasteiger partial charge in [-0.2, -0.15) is 0 Å². The van der Waals surface area contributed by atoms with E-state index >= 15 is 0 Å². The van der Waals surface area contributed by atoms with Crippen LogP contribution in [0.5, 0.6) is 0 Å². The van der Waals surface area contributed by atoms with Crippen LogP contribution in [0.3, 0.4) is 0 Å². The Kier molecular flexibility index (Phi) is 13.5. The standard InChI is InChI=1S/C14H25NO7/c1-2-6-21-13(17)4-3-12(15)14(18)22-11-10-20-9-8-19-7-5-16/h2,12,16H,1,3-11,15H2/t12-/m0/s1. The fourth-order valence-corrected chi connectivity index (χ4v) is 1.31. The molecule has 0 rings (SSSR count). The van der Waals surface area contributed by atoms with Crippen LogP contribution in [0.15, 0.2) is 12.7 Å². The molecule has 22 heavy (non-hydrogen) atoms. The van der Waals surface area contributed by atoms with Gasteiger partial charge in [-0.05, 0) is 6.42 Å². The summed E-state index contributed by atoms with van der Waals surface area (Å²) in [5, 5.41) is 8.47. The fourth-order valence-electron chi connectivity index (χ4n) is 1.31. The first-order valence-electron chi connectivity index (χ1n) is 7.07. The van der Waals surface area contributed by atoms with Gasteiger partial charge in [-0.25, -0.2) is 0 Å². The van der Waals surface area contributed by atoms with Gasteiger partial charge in [0.05, 0.1) is 33.0 Å². The minimum absolute atomic E-state index is 0.0311. The lowest BCUT2D eigenvalue weighted by Gasteiger charge is -2.11. The van der Waals surface area contributed by atoms with E-state index < -0.39 is 18.0 Å². The van der Waals surface area contributed by atoms with Crippen molar-refractivity contribution >= 4 is 11.9 Å². The van der Waals surface area contributed by atoms with Crippen LogP contribution >= 0.6 is 0 Å². The van der Waals surface area contributed by atoms with Crippen LogP contribution in [-0.2, 0) is 28.5 Å². The molecular formula is C14H25NO7. The maximum Gasteiger partial charge on any atom is 0.323 e. The smallest absolute Gasteiger partial charge is 0.323 e. The molecule has 8 heteroatoms. The molecular weight excluding hydrogens is 294 g/mol. The lowest BCUT2D eigenvalue weighted by molar-refractivity contribution is -0.147. The Morgan fingerprint density at radius 2 is 1.73 bits per heavy atom. The molecule has 0 radical (unpaired) electrons. The molecule has 0 aromatic carbocycles. The summed E-state index contributed by atoms with van der Waals surface area (Å²) in [5.41, 5.74) is 5.60. The highest BCUT2D eigenvalue weighted by molar-refractivity contribution is 5.77. The molecule has 128 valence electrons. The van der Waals surface area contributed by atoms with Gasteiger partial charge in [0.1, 0.15) is 19.3 Å². The number of esters is 2. The SMILES string of the molecule is C=CCOC(=O)CC[C@H](N)C(=O)OCCOCCOCCO. The number of carbonyl (C=O) groups is 2. The summed E-state index contributed by atoms with van der Waals surface area (Å²) in [6.45, 7) is 4.80. The molecule has 0 saturated carbocycles. The molecule has 0 heterocycles. The maximum absolute atomic E-state index is 11.5. The van der Waals surface area contributed by atoms with Gasteiger partial charge in [0.25, 0.3) is 0 Å². The Bertz CT molecular complexity index is 322. The van der Waals surface area contributed by atoms with Crippen LogP contribution in [0.25, 0.3) is 0 Å². The van der Waals surface area contributed by atoms with Gasteiger partial charge in [-0.1, -0.05) is 12.7 Å². The van der Waals surface area contributed by atoms with Crippen molar-refractivity contribution in [1.82, 2.24) is 0 Å². The first-order chi connectivity index (χ1) is 10.6. The van der Waals surface area contributed by atoms with Crippen molar-refractivity contribution in [3.63, 3.8) is 0 Å². The first kappa shape index (κ1) is 20.5. The largest absolute Gasteiger partial charge is 0.462 e. The number of nitrogens with two attached hydrogens (primary N) is 1. The zero-order valence-electron chi connectivity index (χ0n) is 12.7. The Labute approximate surface area is 130 Å². The maximum atomic E-state index is 11.5. The van der Waals surface area contributed by atoms with Gasteiger partial charge in [0.15, 0.2) is 0 Å². The zero-order chi connectivity index (χ0) is 16.6. The summed E-state index contributed by atoms with van der Waals surface area (Å²) in [6.07, 6.45) is 1.66. The monoisotopic (exact) mass is 319 g/mol. The van der Waals surface area contributed by atoms with E-state index in [1.54, 1.807) is 0 Å². The Morgan fingerprint density at radius 1 is 1.09 bits per heavy atom. The topological polar surface area (TPSA) is 117 Å². The minimum atomic E-state index is -0.871. The van der Waals surface area contributed by atoms with Crippen LogP contribution in [-0.4, -0.2) is 69.3 Å². The zero-order valence-corrected chi connectivity index (χ0v) is 12.7. The molecule has 0 aromatic heterocycles. The molecule has 0 unspecified atom stereocenters. The fraction of sp³-hybridized carbons (Fsp3) is 0.714. The molecule has 0 fully saturated rings. The van der Waals surface area contributed by atoms with Crippen LogP contribution in [0, 0.1) is 0 Å². The highest BCUT2D eigenvalue weighted by Gasteiger charge is 2.16. The Balaban J connectivity index is 3.53. The number of aliphatic hydroxyl groups is 1. The van der Waals surface area contributed by atoms with Crippen molar-refractivity contribution in [3.05, 3.63) is 12.7 Å². The third-order valence-electron chi connectivity index (χ3n) is 2.40. The summed E-state index contributed by atoms with van der Waals surface area (Å²) in [4.78, 5) is 22.7. The quantitative estimate of drug-likeness (QED) is 0.247. The molecule has 3 N–H and O–H groups in total. The van der Waals surface area contributed by atoms with E-state index in [-0.39, 0.29) is 45.9 Å². The molecule has 0 aliphatic heterocycles. The van der Waals surface area contributed by atoms with Gasteiger partial charge in [0.2, 0.25) is 0 Å². The van der Waals surface area contributed by atoms with E-state index in [2.05, 4.69) is 6.58 Å². The van der Waals surface area contributed by atoms with Gasteiger partial charge in [-0.15, -0.1) is 0 Å². The Hall–Kier alpha value is -1.48. The Morgan fingerprint density at radius 3 is 2.36 bits per heavy atom. The summed E-state index contributed by atoms with van der Waals surface area (Å²) in [6, 6.07) is -0.871. The molecule has 8 nitrogen and oxygen atoms in total. The predicted octanol–water partition coefficient (Wildman–Crippen LogP) is -0.608. The molecule has 0 saturated heterocycles. The third-order valence-corrected chi connectivity index (χ3v) is 2.40. The van der Waals surface area contributed by atoms with E-state index in [4.69, 9.17) is 29.8 Å². The van der Waals surface area contributed by atoms with Crippen molar-refractivity contribution < 1.29 is 33.6 Å². The van der Waals surface area contributed by atoms with Crippen molar-refractivity contribution in [1.29, 1.82) is 0 Å². The van der Waals surface area contributed by atoms with Gasteiger partial charge in [0, 0.05) is 6.42 Å². The van der Waals surface area contributed by atoms with E-state index in [0.29, 0.717) is 13.2 Å². The molecule has 1 atom stereocenters. The van der Waals surface area contributed by atoms with Crippen LogP contribution in [0.1, 0.15) is 12.8 Å².